The molecule has 3 aromatic carbocycles. The largest absolute Gasteiger partial charge is 0.506 e. The highest BCUT2D eigenvalue weighted by Crippen LogP contribution is 2.31. The maximum Gasteiger partial charge on any atom is 0.229 e. The van der Waals surface area contributed by atoms with E-state index in [1.165, 1.54) is 18.2 Å². The van der Waals surface area contributed by atoms with Gasteiger partial charge in [0.25, 0.3) is 0 Å². The zero-order valence-corrected chi connectivity index (χ0v) is 18.2. The lowest BCUT2D eigenvalue weighted by Crippen LogP contribution is -2.26. The zero-order chi connectivity index (χ0) is 22.7. The Hall–Kier alpha value is -3.27. The highest BCUT2D eigenvalue weighted by atomic mass is 32.2. The molecule has 4 aromatic rings. The molecule has 0 bridgehead atoms. The minimum absolute atomic E-state index is 0.0216. The summed E-state index contributed by atoms with van der Waals surface area (Å²) in [5.41, 5.74) is 2.09. The summed E-state index contributed by atoms with van der Waals surface area (Å²) in [5, 5.41) is 25.4. The standard InChI is InChI=1S/C23H24N2O6S/c1-32(28,29)25-19-12-15(6-9-20(19)26)21(27)14-24-10-11-30-16-7-8-18-17-4-2-3-5-22(17)31-23(18)13-16/h2-9,12-13,21,24-27H,10-11,14H2,1H3/t21-/m1/s1. The van der Waals surface area contributed by atoms with Crippen LogP contribution in [-0.2, 0) is 10.0 Å². The Morgan fingerprint density at radius 1 is 1.03 bits per heavy atom. The summed E-state index contributed by atoms with van der Waals surface area (Å²) in [6.45, 7) is 1.10. The van der Waals surface area contributed by atoms with E-state index >= 15 is 0 Å². The number of phenols is 1. The van der Waals surface area contributed by atoms with Gasteiger partial charge >= 0.3 is 0 Å². The number of rotatable bonds is 9. The van der Waals surface area contributed by atoms with Crippen LogP contribution in [0.1, 0.15) is 11.7 Å². The number of nitrogens with one attached hydrogen (secondary N) is 2. The van der Waals surface area contributed by atoms with E-state index in [-0.39, 0.29) is 18.0 Å². The molecule has 4 N–H and O–H groups in total. The van der Waals surface area contributed by atoms with Crippen LogP contribution in [0.2, 0.25) is 0 Å². The number of ether oxygens (including phenoxy) is 1. The van der Waals surface area contributed by atoms with E-state index in [9.17, 15) is 18.6 Å². The summed E-state index contributed by atoms with van der Waals surface area (Å²) in [4.78, 5) is 0. The monoisotopic (exact) mass is 456 g/mol. The van der Waals surface area contributed by atoms with Gasteiger partial charge < -0.3 is 24.7 Å². The molecular weight excluding hydrogens is 432 g/mol. The van der Waals surface area contributed by atoms with Crippen molar-refractivity contribution in [3.63, 3.8) is 0 Å². The fraction of sp³-hybridized carbons (Fsp3) is 0.217. The van der Waals surface area contributed by atoms with Crippen LogP contribution in [0, 0.1) is 0 Å². The summed E-state index contributed by atoms with van der Waals surface area (Å²) in [7, 11) is -3.54. The van der Waals surface area contributed by atoms with E-state index in [1.807, 2.05) is 42.5 Å². The molecule has 8 nitrogen and oxygen atoms in total. The Morgan fingerprint density at radius 3 is 2.62 bits per heavy atom. The van der Waals surface area contributed by atoms with Gasteiger partial charge in [0.15, 0.2) is 0 Å². The molecule has 1 heterocycles. The predicted octanol–water partition coefficient (Wildman–Crippen LogP) is 3.37. The van der Waals surface area contributed by atoms with E-state index in [2.05, 4.69) is 10.0 Å². The van der Waals surface area contributed by atoms with Crippen LogP contribution in [0.4, 0.5) is 5.69 Å². The predicted molar refractivity (Wildman–Crippen MR) is 124 cm³/mol. The summed E-state index contributed by atoms with van der Waals surface area (Å²) < 4.78 is 36.6. The van der Waals surface area contributed by atoms with Gasteiger partial charge in [0, 0.05) is 29.9 Å². The van der Waals surface area contributed by atoms with Gasteiger partial charge in [0.2, 0.25) is 10.0 Å². The van der Waals surface area contributed by atoms with Crippen molar-refractivity contribution in [2.24, 2.45) is 0 Å². The first-order valence-electron chi connectivity index (χ1n) is 10.0. The van der Waals surface area contributed by atoms with Gasteiger partial charge in [-0.05, 0) is 35.9 Å². The molecule has 0 spiro atoms. The third kappa shape index (κ3) is 5.13. The summed E-state index contributed by atoms with van der Waals surface area (Å²) in [6, 6.07) is 17.9. The maximum atomic E-state index is 11.4. The summed E-state index contributed by atoms with van der Waals surface area (Å²) in [6.07, 6.45) is 0.103. The van der Waals surface area contributed by atoms with Crippen LogP contribution in [0.3, 0.4) is 0 Å². The van der Waals surface area contributed by atoms with Gasteiger partial charge in [-0.2, -0.15) is 0 Å². The number of benzene rings is 3. The third-order valence-corrected chi connectivity index (χ3v) is 5.53. The number of fused-ring (bicyclic) bond motifs is 3. The average molecular weight is 457 g/mol. The molecule has 0 aliphatic heterocycles. The van der Waals surface area contributed by atoms with E-state index < -0.39 is 16.1 Å². The van der Waals surface area contributed by atoms with E-state index in [0.29, 0.717) is 24.5 Å². The number of hydrogen-bond donors (Lipinski definition) is 4. The van der Waals surface area contributed by atoms with Gasteiger partial charge in [-0.25, -0.2) is 8.42 Å². The van der Waals surface area contributed by atoms with Crippen molar-refractivity contribution >= 4 is 37.6 Å². The fourth-order valence-corrected chi connectivity index (χ4v) is 4.00. The second kappa shape index (κ2) is 9.07. The normalized spacial score (nSPS) is 12.8. The minimum Gasteiger partial charge on any atom is -0.506 e. The number of aliphatic hydroxyl groups is 1. The van der Waals surface area contributed by atoms with Crippen LogP contribution < -0.4 is 14.8 Å². The SMILES string of the molecule is CS(=O)(=O)Nc1cc([C@H](O)CNCCOc2ccc3c(c2)oc2ccccc23)ccc1O. The number of sulfonamides is 1. The third-order valence-electron chi connectivity index (χ3n) is 4.94. The molecule has 32 heavy (non-hydrogen) atoms. The van der Waals surface area contributed by atoms with Crippen molar-refractivity contribution in [2.45, 2.75) is 6.10 Å². The Morgan fingerprint density at radius 2 is 1.81 bits per heavy atom. The second-order valence-corrected chi connectivity index (χ2v) is 9.22. The molecular formula is C23H24N2O6S. The smallest absolute Gasteiger partial charge is 0.229 e. The molecule has 168 valence electrons. The quantitative estimate of drug-likeness (QED) is 0.225. The van der Waals surface area contributed by atoms with Crippen LogP contribution >= 0.6 is 0 Å². The number of anilines is 1. The van der Waals surface area contributed by atoms with Crippen molar-refractivity contribution in [2.75, 3.05) is 30.7 Å². The molecule has 4 rings (SSSR count). The molecule has 1 aromatic heterocycles. The second-order valence-electron chi connectivity index (χ2n) is 7.48. The Kier molecular flexibility index (Phi) is 6.22. The Balaban J connectivity index is 1.29. The van der Waals surface area contributed by atoms with Gasteiger partial charge in [-0.15, -0.1) is 0 Å². The van der Waals surface area contributed by atoms with Gasteiger partial charge in [-0.3, -0.25) is 4.72 Å². The van der Waals surface area contributed by atoms with Crippen LogP contribution in [0.25, 0.3) is 21.9 Å². The number of aliphatic hydroxyl groups excluding tert-OH is 1. The Bertz CT molecular complexity index is 1350. The van der Waals surface area contributed by atoms with E-state index in [1.54, 1.807) is 0 Å². The van der Waals surface area contributed by atoms with Crippen molar-refractivity contribution in [3.8, 4) is 11.5 Å². The minimum atomic E-state index is -3.54. The highest BCUT2D eigenvalue weighted by molar-refractivity contribution is 7.92. The molecule has 0 saturated heterocycles. The number of phenolic OH excluding ortho intramolecular Hbond substituents is 1. The summed E-state index contributed by atoms with van der Waals surface area (Å²) in [5.74, 6) is 0.475. The van der Waals surface area contributed by atoms with E-state index in [0.717, 1.165) is 28.2 Å². The van der Waals surface area contributed by atoms with Crippen LogP contribution in [-0.4, -0.2) is 44.6 Å². The fourth-order valence-electron chi connectivity index (χ4n) is 3.44. The van der Waals surface area contributed by atoms with Crippen molar-refractivity contribution in [1.29, 1.82) is 0 Å². The highest BCUT2D eigenvalue weighted by Gasteiger charge is 2.13. The van der Waals surface area contributed by atoms with Crippen molar-refractivity contribution in [1.82, 2.24) is 5.32 Å². The van der Waals surface area contributed by atoms with Crippen molar-refractivity contribution < 1.29 is 27.8 Å². The first kappa shape index (κ1) is 21.9. The van der Waals surface area contributed by atoms with Crippen molar-refractivity contribution in [3.05, 3.63) is 66.2 Å². The Labute approximate surface area is 185 Å². The first-order chi connectivity index (χ1) is 15.3. The van der Waals surface area contributed by atoms with Crippen LogP contribution in [0.5, 0.6) is 11.5 Å². The molecule has 0 unspecified atom stereocenters. The topological polar surface area (TPSA) is 121 Å². The zero-order valence-electron chi connectivity index (χ0n) is 17.4. The molecule has 0 fully saturated rings. The van der Waals surface area contributed by atoms with Gasteiger partial charge in [0.1, 0.15) is 29.3 Å². The average Bonchev–Trinajstić information content (AvgIpc) is 3.11. The van der Waals surface area contributed by atoms with Gasteiger partial charge in [-0.1, -0.05) is 24.3 Å². The number of para-hydroxylation sites is 1. The number of furan rings is 1. The molecule has 0 amide bonds. The maximum absolute atomic E-state index is 11.4. The first-order valence-corrected chi connectivity index (χ1v) is 11.9. The number of aromatic hydroxyl groups is 1. The lowest BCUT2D eigenvalue weighted by molar-refractivity contribution is 0.172. The lowest BCUT2D eigenvalue weighted by atomic mass is 10.1. The summed E-state index contributed by atoms with van der Waals surface area (Å²) >= 11 is 0. The number of hydrogen-bond acceptors (Lipinski definition) is 7. The lowest BCUT2D eigenvalue weighted by Gasteiger charge is -2.15. The molecule has 0 saturated carbocycles. The van der Waals surface area contributed by atoms with E-state index in [4.69, 9.17) is 9.15 Å². The molecule has 1 atom stereocenters. The molecule has 0 radical (unpaired) electrons. The van der Waals surface area contributed by atoms with Crippen LogP contribution in [0.15, 0.2) is 65.1 Å². The molecule has 9 heteroatoms. The molecule has 0 aliphatic carbocycles. The molecule has 0 aliphatic rings. The van der Waals surface area contributed by atoms with Gasteiger partial charge in [0.05, 0.1) is 18.0 Å².